The van der Waals surface area contributed by atoms with Gasteiger partial charge in [0.1, 0.15) is 5.75 Å². The number of hydrogen-bond acceptors (Lipinski definition) is 3. The van der Waals surface area contributed by atoms with E-state index in [0.29, 0.717) is 16.5 Å². The molecule has 1 aliphatic heterocycles. The molecule has 0 aromatic heterocycles. The highest BCUT2D eigenvalue weighted by Gasteiger charge is 2.16. The minimum atomic E-state index is -0.234. The van der Waals surface area contributed by atoms with Crippen molar-refractivity contribution in [1.29, 1.82) is 0 Å². The largest absolute Gasteiger partial charge is 0.497 e. The lowest BCUT2D eigenvalue weighted by atomic mass is 10.1. The van der Waals surface area contributed by atoms with Gasteiger partial charge in [-0.3, -0.25) is 0 Å². The number of rotatable bonds is 3. The molecule has 5 nitrogen and oxygen atoms in total. The summed E-state index contributed by atoms with van der Waals surface area (Å²) in [7, 11) is 1.57. The van der Waals surface area contributed by atoms with E-state index >= 15 is 0 Å². The van der Waals surface area contributed by atoms with Gasteiger partial charge in [-0.2, -0.15) is 0 Å². The second-order valence-electron chi connectivity index (χ2n) is 4.47. The summed E-state index contributed by atoms with van der Waals surface area (Å²) in [6, 6.07) is 5.12. The van der Waals surface area contributed by atoms with Crippen molar-refractivity contribution < 1.29 is 9.53 Å². The average Bonchev–Trinajstić information content (AvgIpc) is 2.42. The van der Waals surface area contributed by atoms with Gasteiger partial charge in [0.25, 0.3) is 0 Å². The molecule has 0 unspecified atom stereocenters. The van der Waals surface area contributed by atoms with Crippen LogP contribution in [0, 0.1) is 0 Å². The third kappa shape index (κ3) is 4.01. The van der Waals surface area contributed by atoms with E-state index in [1.807, 2.05) is 0 Å². The fraction of sp³-hybridized carbons (Fsp3) is 0.462. The highest BCUT2D eigenvalue weighted by Crippen LogP contribution is 2.26. The maximum Gasteiger partial charge on any atom is 0.319 e. The van der Waals surface area contributed by atoms with Crippen LogP contribution >= 0.6 is 11.6 Å². The second kappa shape index (κ2) is 6.63. The first-order valence-electron chi connectivity index (χ1n) is 6.31. The molecule has 0 spiro atoms. The number of nitrogens with one attached hydrogen (secondary N) is 3. The van der Waals surface area contributed by atoms with Crippen LogP contribution in [0.4, 0.5) is 10.5 Å². The predicted molar refractivity (Wildman–Crippen MR) is 76.1 cm³/mol. The second-order valence-corrected chi connectivity index (χ2v) is 4.88. The maximum atomic E-state index is 11.9. The molecule has 1 aliphatic rings. The highest BCUT2D eigenvalue weighted by atomic mass is 35.5. The van der Waals surface area contributed by atoms with Gasteiger partial charge < -0.3 is 20.7 Å². The van der Waals surface area contributed by atoms with Crippen molar-refractivity contribution in [3.63, 3.8) is 0 Å². The van der Waals surface area contributed by atoms with Crippen molar-refractivity contribution in [1.82, 2.24) is 10.6 Å². The monoisotopic (exact) mass is 283 g/mol. The number of piperidine rings is 1. The van der Waals surface area contributed by atoms with Gasteiger partial charge in [0.05, 0.1) is 17.8 Å². The van der Waals surface area contributed by atoms with E-state index in [2.05, 4.69) is 16.0 Å². The van der Waals surface area contributed by atoms with Gasteiger partial charge in [-0.15, -0.1) is 0 Å². The zero-order valence-corrected chi connectivity index (χ0v) is 11.6. The minimum Gasteiger partial charge on any atom is -0.497 e. The summed E-state index contributed by atoms with van der Waals surface area (Å²) < 4.78 is 5.10. The number of halogens is 1. The van der Waals surface area contributed by atoms with E-state index < -0.39 is 0 Å². The molecule has 0 aliphatic carbocycles. The topological polar surface area (TPSA) is 62.4 Å². The van der Waals surface area contributed by atoms with Crippen molar-refractivity contribution in [2.24, 2.45) is 0 Å². The summed E-state index contributed by atoms with van der Waals surface area (Å²) >= 11 is 6.03. The van der Waals surface area contributed by atoms with E-state index in [0.717, 1.165) is 25.9 Å². The zero-order chi connectivity index (χ0) is 13.7. The van der Waals surface area contributed by atoms with Gasteiger partial charge in [0.15, 0.2) is 0 Å². The fourth-order valence-electron chi connectivity index (χ4n) is 2.04. The molecule has 1 aromatic carbocycles. The number of methoxy groups -OCH3 is 1. The Hall–Kier alpha value is -1.46. The van der Waals surface area contributed by atoms with Gasteiger partial charge in [0.2, 0.25) is 0 Å². The van der Waals surface area contributed by atoms with Crippen molar-refractivity contribution in [2.45, 2.75) is 18.9 Å². The van der Waals surface area contributed by atoms with Crippen molar-refractivity contribution in [2.75, 3.05) is 25.5 Å². The van der Waals surface area contributed by atoms with E-state index in [4.69, 9.17) is 16.3 Å². The Morgan fingerprint density at radius 3 is 2.84 bits per heavy atom. The van der Waals surface area contributed by atoms with Crippen molar-refractivity contribution >= 4 is 23.3 Å². The third-order valence-electron chi connectivity index (χ3n) is 3.10. The summed E-state index contributed by atoms with van der Waals surface area (Å²) in [6.07, 6.45) is 1.89. The quantitative estimate of drug-likeness (QED) is 0.797. The van der Waals surface area contributed by atoms with Gasteiger partial charge in [0, 0.05) is 12.1 Å². The first kappa shape index (κ1) is 14.0. The van der Waals surface area contributed by atoms with E-state index in [-0.39, 0.29) is 12.1 Å². The van der Waals surface area contributed by atoms with Gasteiger partial charge in [-0.1, -0.05) is 11.6 Å². The Morgan fingerprint density at radius 2 is 2.16 bits per heavy atom. The van der Waals surface area contributed by atoms with Crippen molar-refractivity contribution in [3.8, 4) is 5.75 Å². The molecular weight excluding hydrogens is 266 g/mol. The number of ether oxygens (including phenoxy) is 1. The Labute approximate surface area is 117 Å². The molecule has 0 saturated carbocycles. The van der Waals surface area contributed by atoms with Gasteiger partial charge in [-0.05, 0) is 38.1 Å². The Balaban J connectivity index is 1.94. The molecule has 1 aromatic rings. The lowest BCUT2D eigenvalue weighted by Gasteiger charge is -2.23. The lowest BCUT2D eigenvalue weighted by Crippen LogP contribution is -2.44. The normalized spacial score (nSPS) is 15.9. The lowest BCUT2D eigenvalue weighted by molar-refractivity contribution is 0.245. The minimum absolute atomic E-state index is 0.214. The molecule has 2 rings (SSSR count). The Kier molecular flexibility index (Phi) is 4.87. The molecule has 1 heterocycles. The molecule has 1 fully saturated rings. The van der Waals surface area contributed by atoms with Crippen LogP contribution in [0.1, 0.15) is 12.8 Å². The molecule has 104 valence electrons. The SMILES string of the molecule is COc1ccc(Cl)c(NC(=O)NC2CCNCC2)c1. The molecule has 0 atom stereocenters. The molecule has 2 amide bonds. The zero-order valence-electron chi connectivity index (χ0n) is 10.8. The number of benzene rings is 1. The average molecular weight is 284 g/mol. The predicted octanol–water partition coefficient (Wildman–Crippen LogP) is 2.22. The number of urea groups is 1. The van der Waals surface area contributed by atoms with E-state index in [9.17, 15) is 4.79 Å². The first-order valence-corrected chi connectivity index (χ1v) is 6.68. The van der Waals surface area contributed by atoms with E-state index in [1.54, 1.807) is 25.3 Å². The number of anilines is 1. The summed E-state index contributed by atoms with van der Waals surface area (Å²) in [5.74, 6) is 0.654. The van der Waals surface area contributed by atoms with Crippen LogP contribution in [0.2, 0.25) is 5.02 Å². The van der Waals surface area contributed by atoms with Crippen LogP contribution in [0.25, 0.3) is 0 Å². The molecule has 19 heavy (non-hydrogen) atoms. The van der Waals surface area contributed by atoms with Crippen LogP contribution in [0.3, 0.4) is 0 Å². The Bertz CT molecular complexity index is 448. The van der Waals surface area contributed by atoms with Crippen LogP contribution in [-0.2, 0) is 0 Å². The Morgan fingerprint density at radius 1 is 1.42 bits per heavy atom. The van der Waals surface area contributed by atoms with Crippen LogP contribution in [0.5, 0.6) is 5.75 Å². The van der Waals surface area contributed by atoms with Gasteiger partial charge in [-0.25, -0.2) is 4.79 Å². The summed E-state index contributed by atoms with van der Waals surface area (Å²) in [4.78, 5) is 11.9. The van der Waals surface area contributed by atoms with Crippen LogP contribution in [-0.4, -0.2) is 32.3 Å². The number of carbonyl (C=O) groups is 1. The number of carbonyl (C=O) groups excluding carboxylic acids is 1. The fourth-order valence-corrected chi connectivity index (χ4v) is 2.20. The molecule has 6 heteroatoms. The first-order chi connectivity index (χ1) is 9.19. The molecule has 3 N–H and O–H groups in total. The molecular formula is C13H18ClN3O2. The summed E-state index contributed by atoms with van der Waals surface area (Å²) in [6.45, 7) is 1.87. The smallest absolute Gasteiger partial charge is 0.319 e. The maximum absolute atomic E-state index is 11.9. The highest BCUT2D eigenvalue weighted by molar-refractivity contribution is 6.33. The summed E-state index contributed by atoms with van der Waals surface area (Å²) in [5.41, 5.74) is 0.549. The van der Waals surface area contributed by atoms with Crippen LogP contribution < -0.4 is 20.7 Å². The standard InChI is InChI=1S/C13H18ClN3O2/c1-19-10-2-3-11(14)12(8-10)17-13(18)16-9-4-6-15-7-5-9/h2-3,8-9,15H,4-7H2,1H3,(H2,16,17,18). The van der Waals surface area contributed by atoms with Crippen LogP contribution in [0.15, 0.2) is 18.2 Å². The molecule has 1 saturated heterocycles. The molecule has 0 radical (unpaired) electrons. The molecule has 0 bridgehead atoms. The number of amides is 2. The van der Waals surface area contributed by atoms with Gasteiger partial charge >= 0.3 is 6.03 Å². The third-order valence-corrected chi connectivity index (χ3v) is 3.43. The van der Waals surface area contributed by atoms with Crippen molar-refractivity contribution in [3.05, 3.63) is 23.2 Å². The number of hydrogen-bond donors (Lipinski definition) is 3. The van der Waals surface area contributed by atoms with E-state index in [1.165, 1.54) is 0 Å². The summed E-state index contributed by atoms with van der Waals surface area (Å²) in [5, 5.41) is 9.43.